The number of rotatable bonds is 5. The van der Waals surface area contributed by atoms with Crippen molar-refractivity contribution >= 4 is 11.9 Å². The number of hydrogen-bond donors (Lipinski definition) is 3. The standard InChI is InChI=1S/C16H15NO4/c18-14(12-4-2-1-3-5-12)15(19)17-10-11-6-8-13(9-7-11)16(20)21/h1-9,14,18H,10H2,(H,17,19)(H,20,21). The molecule has 1 unspecified atom stereocenters. The first-order chi connectivity index (χ1) is 10.1. The van der Waals surface area contributed by atoms with E-state index < -0.39 is 18.0 Å². The monoisotopic (exact) mass is 285 g/mol. The average Bonchev–Trinajstić information content (AvgIpc) is 2.53. The number of aliphatic hydroxyl groups excluding tert-OH is 1. The maximum Gasteiger partial charge on any atom is 0.335 e. The van der Waals surface area contributed by atoms with Gasteiger partial charge < -0.3 is 15.5 Å². The molecule has 0 spiro atoms. The minimum Gasteiger partial charge on any atom is -0.478 e. The lowest BCUT2D eigenvalue weighted by Gasteiger charge is -2.11. The van der Waals surface area contributed by atoms with E-state index >= 15 is 0 Å². The zero-order valence-electron chi connectivity index (χ0n) is 11.2. The van der Waals surface area contributed by atoms with Crippen LogP contribution in [0.5, 0.6) is 0 Å². The van der Waals surface area contributed by atoms with Crippen LogP contribution in [0.1, 0.15) is 27.6 Å². The highest BCUT2D eigenvalue weighted by molar-refractivity contribution is 5.87. The van der Waals surface area contributed by atoms with Crippen molar-refractivity contribution in [3.05, 3.63) is 71.3 Å². The van der Waals surface area contributed by atoms with Crippen molar-refractivity contribution in [2.75, 3.05) is 0 Å². The summed E-state index contributed by atoms with van der Waals surface area (Å²) in [5.41, 5.74) is 1.47. The Bertz CT molecular complexity index is 622. The van der Waals surface area contributed by atoms with Gasteiger partial charge in [0.2, 0.25) is 0 Å². The lowest BCUT2D eigenvalue weighted by Crippen LogP contribution is -2.28. The molecule has 5 nitrogen and oxygen atoms in total. The van der Waals surface area contributed by atoms with Crippen LogP contribution in [-0.2, 0) is 11.3 Å². The van der Waals surface area contributed by atoms with Gasteiger partial charge in [0.05, 0.1) is 5.56 Å². The summed E-state index contributed by atoms with van der Waals surface area (Å²) < 4.78 is 0. The molecular formula is C16H15NO4. The van der Waals surface area contributed by atoms with Gasteiger partial charge in [0.25, 0.3) is 5.91 Å². The van der Waals surface area contributed by atoms with Gasteiger partial charge in [-0.3, -0.25) is 4.79 Å². The first-order valence-corrected chi connectivity index (χ1v) is 6.41. The van der Waals surface area contributed by atoms with Crippen LogP contribution >= 0.6 is 0 Å². The number of carbonyl (C=O) groups excluding carboxylic acids is 1. The van der Waals surface area contributed by atoms with Crippen molar-refractivity contribution in [2.24, 2.45) is 0 Å². The molecule has 2 aromatic rings. The lowest BCUT2D eigenvalue weighted by atomic mass is 10.1. The Morgan fingerprint density at radius 2 is 1.62 bits per heavy atom. The molecular weight excluding hydrogens is 270 g/mol. The van der Waals surface area contributed by atoms with Crippen molar-refractivity contribution in [1.29, 1.82) is 0 Å². The molecule has 0 bridgehead atoms. The molecule has 0 saturated heterocycles. The second kappa shape index (κ2) is 6.67. The first kappa shape index (κ1) is 14.7. The number of benzene rings is 2. The molecule has 0 aliphatic carbocycles. The Balaban J connectivity index is 1.93. The third-order valence-electron chi connectivity index (χ3n) is 3.03. The van der Waals surface area contributed by atoms with E-state index in [1.807, 2.05) is 0 Å². The number of nitrogens with one attached hydrogen (secondary N) is 1. The minimum absolute atomic E-state index is 0.189. The van der Waals surface area contributed by atoms with Crippen LogP contribution in [-0.4, -0.2) is 22.1 Å². The Morgan fingerprint density at radius 1 is 1.00 bits per heavy atom. The summed E-state index contributed by atoms with van der Waals surface area (Å²) in [6.45, 7) is 0.225. The van der Waals surface area contributed by atoms with Crippen molar-refractivity contribution in [2.45, 2.75) is 12.6 Å². The predicted octanol–water partition coefficient (Wildman–Crippen LogP) is 1.73. The zero-order chi connectivity index (χ0) is 15.2. The summed E-state index contributed by atoms with van der Waals surface area (Å²) in [6, 6.07) is 14.8. The van der Waals surface area contributed by atoms with Crippen molar-refractivity contribution in [3.63, 3.8) is 0 Å². The number of carboxylic acids is 1. The van der Waals surface area contributed by atoms with Crippen molar-refractivity contribution in [3.8, 4) is 0 Å². The maximum absolute atomic E-state index is 11.8. The lowest BCUT2D eigenvalue weighted by molar-refractivity contribution is -0.129. The van der Waals surface area contributed by atoms with E-state index in [1.165, 1.54) is 12.1 Å². The van der Waals surface area contributed by atoms with Gasteiger partial charge >= 0.3 is 5.97 Å². The minimum atomic E-state index is -1.22. The van der Waals surface area contributed by atoms with Crippen LogP contribution in [0.25, 0.3) is 0 Å². The van der Waals surface area contributed by atoms with Gasteiger partial charge in [-0.05, 0) is 23.3 Å². The molecule has 108 valence electrons. The van der Waals surface area contributed by atoms with E-state index in [0.717, 1.165) is 5.56 Å². The van der Waals surface area contributed by atoms with Gasteiger partial charge in [-0.15, -0.1) is 0 Å². The number of amides is 1. The zero-order valence-corrected chi connectivity index (χ0v) is 11.2. The summed E-state index contributed by atoms with van der Waals surface area (Å²) in [5.74, 6) is -1.49. The number of carboxylic acid groups (broad SMARTS) is 1. The van der Waals surface area contributed by atoms with E-state index in [-0.39, 0.29) is 12.1 Å². The molecule has 0 aliphatic rings. The van der Waals surface area contributed by atoms with Gasteiger partial charge in [0.15, 0.2) is 6.10 Å². The summed E-state index contributed by atoms with van der Waals surface area (Å²) >= 11 is 0. The second-order valence-electron chi connectivity index (χ2n) is 4.53. The van der Waals surface area contributed by atoms with Crippen LogP contribution < -0.4 is 5.32 Å². The van der Waals surface area contributed by atoms with Gasteiger partial charge in [-0.25, -0.2) is 4.79 Å². The average molecular weight is 285 g/mol. The highest BCUT2D eigenvalue weighted by atomic mass is 16.4. The fourth-order valence-corrected chi connectivity index (χ4v) is 1.84. The van der Waals surface area contributed by atoms with Gasteiger partial charge in [-0.1, -0.05) is 42.5 Å². The molecule has 0 saturated carbocycles. The van der Waals surface area contributed by atoms with Gasteiger partial charge in [-0.2, -0.15) is 0 Å². The van der Waals surface area contributed by atoms with Crippen LogP contribution in [0.15, 0.2) is 54.6 Å². The number of carbonyl (C=O) groups is 2. The molecule has 0 heterocycles. The van der Waals surface area contributed by atoms with Crippen LogP contribution in [0.2, 0.25) is 0 Å². The number of aliphatic hydroxyl groups is 1. The molecule has 0 radical (unpaired) electrons. The molecule has 0 aromatic heterocycles. The molecule has 1 amide bonds. The van der Waals surface area contributed by atoms with E-state index in [1.54, 1.807) is 42.5 Å². The Kier molecular flexibility index (Phi) is 4.68. The summed E-state index contributed by atoms with van der Waals surface area (Å²) in [7, 11) is 0. The Labute approximate surface area is 121 Å². The van der Waals surface area contributed by atoms with E-state index in [0.29, 0.717) is 5.56 Å². The summed E-state index contributed by atoms with van der Waals surface area (Å²) in [6.07, 6.45) is -1.22. The Hall–Kier alpha value is -2.66. The second-order valence-corrected chi connectivity index (χ2v) is 4.53. The van der Waals surface area contributed by atoms with Crippen LogP contribution in [0.4, 0.5) is 0 Å². The Morgan fingerprint density at radius 3 is 2.19 bits per heavy atom. The third kappa shape index (κ3) is 3.90. The smallest absolute Gasteiger partial charge is 0.335 e. The molecule has 2 rings (SSSR count). The van der Waals surface area contributed by atoms with E-state index in [2.05, 4.69) is 5.32 Å². The highest BCUT2D eigenvalue weighted by Crippen LogP contribution is 2.12. The molecule has 2 aromatic carbocycles. The SMILES string of the molecule is O=C(O)c1ccc(CNC(=O)C(O)c2ccccc2)cc1. The first-order valence-electron chi connectivity index (χ1n) is 6.41. The van der Waals surface area contributed by atoms with Gasteiger partial charge in [0.1, 0.15) is 0 Å². The molecule has 0 fully saturated rings. The molecule has 0 aliphatic heterocycles. The van der Waals surface area contributed by atoms with Crippen molar-refractivity contribution in [1.82, 2.24) is 5.32 Å². The van der Waals surface area contributed by atoms with E-state index in [9.17, 15) is 14.7 Å². The van der Waals surface area contributed by atoms with Crippen LogP contribution in [0.3, 0.4) is 0 Å². The van der Waals surface area contributed by atoms with Crippen LogP contribution in [0, 0.1) is 0 Å². The molecule has 21 heavy (non-hydrogen) atoms. The predicted molar refractivity (Wildman–Crippen MR) is 76.6 cm³/mol. The fourth-order valence-electron chi connectivity index (χ4n) is 1.84. The van der Waals surface area contributed by atoms with E-state index in [4.69, 9.17) is 5.11 Å². The fraction of sp³-hybridized carbons (Fsp3) is 0.125. The number of aromatic carboxylic acids is 1. The number of hydrogen-bond acceptors (Lipinski definition) is 3. The topological polar surface area (TPSA) is 86.6 Å². The largest absolute Gasteiger partial charge is 0.478 e. The highest BCUT2D eigenvalue weighted by Gasteiger charge is 2.16. The molecule has 3 N–H and O–H groups in total. The summed E-state index contributed by atoms with van der Waals surface area (Å²) in [5, 5.41) is 21.3. The van der Waals surface area contributed by atoms with Gasteiger partial charge in [0, 0.05) is 6.54 Å². The summed E-state index contributed by atoms with van der Waals surface area (Å²) in [4.78, 5) is 22.6. The maximum atomic E-state index is 11.8. The van der Waals surface area contributed by atoms with Crippen molar-refractivity contribution < 1.29 is 19.8 Å². The molecule has 1 atom stereocenters. The normalized spacial score (nSPS) is 11.7. The quantitative estimate of drug-likeness (QED) is 0.781. The third-order valence-corrected chi connectivity index (χ3v) is 3.03. The molecule has 5 heteroatoms.